The summed E-state index contributed by atoms with van der Waals surface area (Å²) in [5.74, 6) is 1.38. The van der Waals surface area contributed by atoms with Gasteiger partial charge in [0.1, 0.15) is 5.75 Å². The number of carbonyl (C=O) groups excluding carboxylic acids is 1. The van der Waals surface area contributed by atoms with Gasteiger partial charge in [0.05, 0.1) is 19.8 Å². The van der Waals surface area contributed by atoms with Gasteiger partial charge in [-0.15, -0.1) is 24.0 Å². The van der Waals surface area contributed by atoms with Crippen LogP contribution >= 0.6 is 24.0 Å². The van der Waals surface area contributed by atoms with Crippen molar-refractivity contribution in [2.24, 2.45) is 4.99 Å². The molecule has 7 nitrogen and oxygen atoms in total. The molecule has 1 aromatic rings. The van der Waals surface area contributed by atoms with Gasteiger partial charge in [-0.3, -0.25) is 9.79 Å². The van der Waals surface area contributed by atoms with Gasteiger partial charge in [-0.25, -0.2) is 0 Å². The van der Waals surface area contributed by atoms with E-state index < -0.39 is 0 Å². The van der Waals surface area contributed by atoms with Crippen molar-refractivity contribution in [2.75, 3.05) is 39.8 Å². The minimum absolute atomic E-state index is 0. The highest BCUT2D eigenvalue weighted by atomic mass is 127. The second-order valence-electron chi connectivity index (χ2n) is 5.61. The van der Waals surface area contributed by atoms with Crippen LogP contribution in [-0.2, 0) is 0 Å². The fraction of sp³-hybridized carbons (Fsp3) is 0.529. The highest BCUT2D eigenvalue weighted by Gasteiger charge is 2.22. The molecule has 8 heteroatoms. The molecule has 0 bridgehead atoms. The van der Waals surface area contributed by atoms with Crippen molar-refractivity contribution in [1.29, 1.82) is 0 Å². The van der Waals surface area contributed by atoms with E-state index >= 15 is 0 Å². The molecule has 1 fully saturated rings. The molecule has 1 atom stereocenters. The highest BCUT2D eigenvalue weighted by Crippen LogP contribution is 2.11. The summed E-state index contributed by atoms with van der Waals surface area (Å²) >= 11 is 0. The van der Waals surface area contributed by atoms with Crippen LogP contribution in [0.5, 0.6) is 5.75 Å². The van der Waals surface area contributed by atoms with Gasteiger partial charge in [-0.05, 0) is 37.6 Å². The Kier molecular flexibility index (Phi) is 9.58. The Morgan fingerprint density at radius 1 is 1.36 bits per heavy atom. The van der Waals surface area contributed by atoms with Gasteiger partial charge in [0.25, 0.3) is 5.91 Å². The molecule has 1 aliphatic rings. The lowest BCUT2D eigenvalue weighted by Gasteiger charge is -2.20. The second kappa shape index (κ2) is 11.1. The number of guanidine groups is 1. The number of nitrogens with one attached hydrogen (secondary N) is 2. The van der Waals surface area contributed by atoms with Crippen LogP contribution < -0.4 is 15.4 Å². The van der Waals surface area contributed by atoms with E-state index in [1.165, 1.54) is 0 Å². The molecular formula is C17H27IN4O3. The van der Waals surface area contributed by atoms with Crippen LogP contribution in [0.15, 0.2) is 29.3 Å². The van der Waals surface area contributed by atoms with Crippen molar-refractivity contribution in [1.82, 2.24) is 15.5 Å². The molecule has 0 aromatic heterocycles. The molecule has 1 heterocycles. The zero-order valence-corrected chi connectivity index (χ0v) is 17.0. The van der Waals surface area contributed by atoms with Crippen molar-refractivity contribution in [3.05, 3.63) is 29.8 Å². The van der Waals surface area contributed by atoms with Crippen molar-refractivity contribution in [3.8, 4) is 5.75 Å². The second-order valence-corrected chi connectivity index (χ2v) is 5.61. The Hall–Kier alpha value is -1.55. The van der Waals surface area contributed by atoms with Gasteiger partial charge in [0.15, 0.2) is 5.96 Å². The van der Waals surface area contributed by atoms with Gasteiger partial charge < -0.3 is 25.4 Å². The minimum atomic E-state index is -0.288. The van der Waals surface area contributed by atoms with E-state index in [4.69, 9.17) is 4.74 Å². The lowest BCUT2D eigenvalue weighted by Crippen LogP contribution is -2.41. The number of β-amino-alcohol motifs (C(OH)–C–C–N with tert-alkyl or cyclic N) is 1. The largest absolute Gasteiger partial charge is 0.497 e. The number of aliphatic hydroxyl groups excluding tert-OH is 1. The lowest BCUT2D eigenvalue weighted by molar-refractivity contribution is 0.0954. The zero-order chi connectivity index (χ0) is 17.4. The fourth-order valence-corrected chi connectivity index (χ4v) is 2.54. The number of hydrogen-bond donors (Lipinski definition) is 3. The van der Waals surface area contributed by atoms with Crippen LogP contribution in [0.25, 0.3) is 0 Å². The summed E-state index contributed by atoms with van der Waals surface area (Å²) in [6.07, 6.45) is 0.474. The van der Waals surface area contributed by atoms with Crippen molar-refractivity contribution in [2.45, 2.75) is 19.4 Å². The molecule has 25 heavy (non-hydrogen) atoms. The van der Waals surface area contributed by atoms with E-state index in [2.05, 4.69) is 15.6 Å². The topological polar surface area (TPSA) is 86.2 Å². The molecule has 3 N–H and O–H groups in total. The molecule has 140 valence electrons. The Labute approximate surface area is 165 Å². The molecule has 0 spiro atoms. The minimum Gasteiger partial charge on any atom is -0.497 e. The van der Waals surface area contributed by atoms with E-state index in [1.807, 2.05) is 11.8 Å². The number of benzene rings is 1. The zero-order valence-electron chi connectivity index (χ0n) is 14.7. The van der Waals surface area contributed by atoms with Gasteiger partial charge in [-0.1, -0.05) is 0 Å². The number of ether oxygens (including phenoxy) is 1. The van der Waals surface area contributed by atoms with Crippen molar-refractivity contribution in [3.63, 3.8) is 0 Å². The molecule has 0 aliphatic carbocycles. The predicted molar refractivity (Wildman–Crippen MR) is 109 cm³/mol. The first-order valence-electron chi connectivity index (χ1n) is 8.27. The maximum absolute atomic E-state index is 12.1. The molecule has 0 radical (unpaired) electrons. The number of aliphatic hydroxyl groups is 1. The SMILES string of the molecule is CCNC(=NCCNC(=O)c1ccc(OC)cc1)N1CC[C@@H](O)C1.I. The van der Waals surface area contributed by atoms with E-state index in [-0.39, 0.29) is 36.0 Å². The number of amides is 1. The molecule has 1 aromatic carbocycles. The van der Waals surface area contributed by atoms with E-state index in [0.29, 0.717) is 25.2 Å². The average Bonchev–Trinajstić information content (AvgIpc) is 3.03. The molecular weight excluding hydrogens is 435 g/mol. The number of hydrogen-bond acceptors (Lipinski definition) is 4. The molecule has 0 saturated carbocycles. The summed E-state index contributed by atoms with van der Waals surface area (Å²) < 4.78 is 5.07. The van der Waals surface area contributed by atoms with Crippen molar-refractivity contribution >= 4 is 35.8 Å². The number of methoxy groups -OCH3 is 1. The standard InChI is InChI=1S/C17H26N4O3.HI/c1-3-18-17(21-11-8-14(22)12-21)20-10-9-19-16(23)13-4-6-15(24-2)7-5-13;/h4-7,14,22H,3,8-12H2,1-2H3,(H,18,20)(H,19,23);1H/t14-;/m1./s1. The smallest absolute Gasteiger partial charge is 0.251 e. The quantitative estimate of drug-likeness (QED) is 0.255. The van der Waals surface area contributed by atoms with Gasteiger partial charge in [-0.2, -0.15) is 0 Å². The van der Waals surface area contributed by atoms with Gasteiger partial charge >= 0.3 is 0 Å². The number of nitrogens with zero attached hydrogens (tertiary/aromatic N) is 2. The maximum atomic E-state index is 12.1. The lowest BCUT2D eigenvalue weighted by atomic mass is 10.2. The van der Waals surface area contributed by atoms with Crippen LogP contribution in [0.1, 0.15) is 23.7 Å². The van der Waals surface area contributed by atoms with Gasteiger partial charge in [0.2, 0.25) is 0 Å². The predicted octanol–water partition coefficient (Wildman–Crippen LogP) is 1.08. The summed E-state index contributed by atoms with van der Waals surface area (Å²) in [6.45, 7) is 5.11. The summed E-state index contributed by atoms with van der Waals surface area (Å²) in [6, 6.07) is 6.98. The average molecular weight is 462 g/mol. The Morgan fingerprint density at radius 2 is 2.08 bits per heavy atom. The molecule has 0 unspecified atom stereocenters. The first kappa shape index (κ1) is 21.5. The third kappa shape index (κ3) is 6.69. The third-order valence-corrected chi connectivity index (χ3v) is 3.81. The summed E-state index contributed by atoms with van der Waals surface area (Å²) in [5.41, 5.74) is 0.592. The maximum Gasteiger partial charge on any atom is 0.251 e. The van der Waals surface area contributed by atoms with Crippen molar-refractivity contribution < 1.29 is 14.6 Å². The van der Waals surface area contributed by atoms with Crippen LogP contribution in [0.4, 0.5) is 0 Å². The van der Waals surface area contributed by atoms with E-state index in [0.717, 1.165) is 31.2 Å². The Balaban J connectivity index is 0.00000312. The summed E-state index contributed by atoms with van der Waals surface area (Å²) in [5, 5.41) is 15.7. The molecule has 2 rings (SSSR count). The molecule has 1 aliphatic heterocycles. The number of likely N-dealkylation sites (tertiary alicyclic amines) is 1. The van der Waals surface area contributed by atoms with Crippen LogP contribution in [0.3, 0.4) is 0 Å². The van der Waals surface area contributed by atoms with E-state index in [1.54, 1.807) is 31.4 Å². The normalized spacial score (nSPS) is 17.0. The van der Waals surface area contributed by atoms with E-state index in [9.17, 15) is 9.90 Å². The number of halogens is 1. The third-order valence-electron chi connectivity index (χ3n) is 3.81. The first-order valence-corrected chi connectivity index (χ1v) is 8.27. The first-order chi connectivity index (χ1) is 11.6. The van der Waals surface area contributed by atoms with Crippen LogP contribution in [0, 0.1) is 0 Å². The van der Waals surface area contributed by atoms with Gasteiger partial charge in [0, 0.05) is 31.7 Å². The number of rotatable bonds is 6. The Bertz CT molecular complexity index is 566. The van der Waals surface area contributed by atoms with Crippen LogP contribution in [0.2, 0.25) is 0 Å². The molecule has 1 saturated heterocycles. The fourth-order valence-electron chi connectivity index (χ4n) is 2.54. The molecule has 1 amide bonds. The highest BCUT2D eigenvalue weighted by molar-refractivity contribution is 14.0. The number of aliphatic imine (C=N–C) groups is 1. The summed E-state index contributed by atoms with van der Waals surface area (Å²) in [7, 11) is 1.59. The van der Waals surface area contributed by atoms with Crippen LogP contribution in [-0.4, -0.2) is 67.8 Å². The number of carbonyl (C=O) groups is 1. The summed E-state index contributed by atoms with van der Waals surface area (Å²) in [4.78, 5) is 18.6. The monoisotopic (exact) mass is 462 g/mol. The Morgan fingerprint density at radius 3 is 2.64 bits per heavy atom.